The number of nitriles is 1. The Hall–Kier alpha value is -1.34. The largest absolute Gasteiger partial charge is 0.318 e. The highest BCUT2D eigenvalue weighted by atomic mass is 32.1. The molecule has 1 N–H and O–H groups in total. The second-order valence-electron chi connectivity index (χ2n) is 2.18. The molecule has 0 aliphatic heterocycles. The molecule has 0 aliphatic carbocycles. The van der Waals surface area contributed by atoms with Crippen LogP contribution in [0.25, 0.3) is 0 Å². The van der Waals surface area contributed by atoms with Gasteiger partial charge in [-0.25, -0.2) is 0 Å². The van der Waals surface area contributed by atoms with E-state index in [1.165, 1.54) is 11.3 Å². The molecule has 1 amide bonds. The van der Waals surface area contributed by atoms with Gasteiger partial charge in [-0.15, -0.1) is 11.3 Å². The van der Waals surface area contributed by atoms with Gasteiger partial charge in [-0.05, 0) is 17.5 Å². The van der Waals surface area contributed by atoms with Crippen molar-refractivity contribution in [1.82, 2.24) is 0 Å². The Morgan fingerprint density at radius 1 is 1.75 bits per heavy atom. The van der Waals surface area contributed by atoms with Gasteiger partial charge in [-0.2, -0.15) is 5.26 Å². The third-order valence-electron chi connectivity index (χ3n) is 1.25. The predicted octanol–water partition coefficient (Wildman–Crippen LogP) is 1.99. The van der Waals surface area contributed by atoms with Gasteiger partial charge in [0.1, 0.15) is 0 Å². The molecular formula is C8H8N2OS. The molecule has 0 aromatic carbocycles. The average Bonchev–Trinajstić information content (AvgIpc) is 2.53. The molecule has 0 atom stereocenters. The van der Waals surface area contributed by atoms with E-state index in [-0.39, 0.29) is 18.7 Å². The standard InChI is InChI=1S/C8H8N2OS/c9-5-1-3-7(11)10-8-4-2-6-12-8/h2,4,6H,1,3H2,(H,10,11). The molecule has 0 saturated heterocycles. The zero-order valence-electron chi connectivity index (χ0n) is 6.41. The first-order valence-corrected chi connectivity index (χ1v) is 4.41. The average molecular weight is 180 g/mol. The monoisotopic (exact) mass is 180 g/mol. The van der Waals surface area contributed by atoms with Crippen LogP contribution in [0.15, 0.2) is 17.5 Å². The second-order valence-corrected chi connectivity index (χ2v) is 3.13. The van der Waals surface area contributed by atoms with Gasteiger partial charge < -0.3 is 5.32 Å². The summed E-state index contributed by atoms with van der Waals surface area (Å²) in [7, 11) is 0. The Balaban J connectivity index is 2.33. The highest BCUT2D eigenvalue weighted by molar-refractivity contribution is 7.14. The van der Waals surface area contributed by atoms with Crippen LogP contribution in [0.1, 0.15) is 12.8 Å². The molecule has 0 fully saturated rings. The second kappa shape index (κ2) is 4.52. The minimum Gasteiger partial charge on any atom is -0.318 e. The molecule has 62 valence electrons. The Bertz CT molecular complexity index is 287. The van der Waals surface area contributed by atoms with Crippen LogP contribution in [-0.2, 0) is 4.79 Å². The fourth-order valence-corrected chi connectivity index (χ4v) is 1.35. The first-order chi connectivity index (χ1) is 5.83. The number of carbonyl (C=O) groups is 1. The minimum absolute atomic E-state index is 0.0981. The molecule has 0 spiro atoms. The van der Waals surface area contributed by atoms with Crippen LogP contribution in [0.3, 0.4) is 0 Å². The van der Waals surface area contributed by atoms with E-state index in [9.17, 15) is 4.79 Å². The van der Waals surface area contributed by atoms with Crippen molar-refractivity contribution < 1.29 is 4.79 Å². The number of hydrogen-bond acceptors (Lipinski definition) is 3. The molecule has 0 aliphatic rings. The van der Waals surface area contributed by atoms with Gasteiger partial charge in [0.25, 0.3) is 0 Å². The van der Waals surface area contributed by atoms with Crippen LogP contribution in [0, 0.1) is 11.3 Å². The van der Waals surface area contributed by atoms with Gasteiger partial charge in [-0.3, -0.25) is 4.79 Å². The van der Waals surface area contributed by atoms with Crippen molar-refractivity contribution in [3.8, 4) is 6.07 Å². The van der Waals surface area contributed by atoms with E-state index >= 15 is 0 Å². The molecule has 0 bridgehead atoms. The Labute approximate surface area is 74.6 Å². The molecule has 0 radical (unpaired) electrons. The fraction of sp³-hybridized carbons (Fsp3) is 0.250. The summed E-state index contributed by atoms with van der Waals surface area (Å²) in [4.78, 5) is 11.0. The number of carbonyl (C=O) groups excluding carboxylic acids is 1. The van der Waals surface area contributed by atoms with Crippen molar-refractivity contribution in [2.24, 2.45) is 0 Å². The summed E-state index contributed by atoms with van der Waals surface area (Å²) in [6.07, 6.45) is 0.547. The van der Waals surface area contributed by atoms with Crippen LogP contribution in [0.2, 0.25) is 0 Å². The van der Waals surface area contributed by atoms with Crippen LogP contribution in [0.5, 0.6) is 0 Å². The summed E-state index contributed by atoms with van der Waals surface area (Å²) in [5, 5.41) is 13.6. The lowest BCUT2D eigenvalue weighted by Gasteiger charge is -1.97. The summed E-state index contributed by atoms with van der Waals surface area (Å²) >= 11 is 1.47. The molecule has 1 rings (SSSR count). The van der Waals surface area contributed by atoms with Crippen molar-refractivity contribution >= 4 is 22.2 Å². The number of hydrogen-bond donors (Lipinski definition) is 1. The Morgan fingerprint density at radius 2 is 2.58 bits per heavy atom. The molecule has 1 heterocycles. The zero-order valence-corrected chi connectivity index (χ0v) is 7.23. The molecule has 0 unspecified atom stereocenters. The lowest BCUT2D eigenvalue weighted by Crippen LogP contribution is -2.09. The van der Waals surface area contributed by atoms with Crippen LogP contribution in [-0.4, -0.2) is 5.91 Å². The van der Waals surface area contributed by atoms with Gasteiger partial charge >= 0.3 is 0 Å². The first-order valence-electron chi connectivity index (χ1n) is 3.53. The van der Waals surface area contributed by atoms with Gasteiger partial charge in [0.2, 0.25) is 5.91 Å². The zero-order chi connectivity index (χ0) is 8.81. The van der Waals surface area contributed by atoms with E-state index in [4.69, 9.17) is 5.26 Å². The smallest absolute Gasteiger partial charge is 0.226 e. The number of nitrogens with one attached hydrogen (secondary N) is 1. The summed E-state index contributed by atoms with van der Waals surface area (Å²) in [6, 6.07) is 5.61. The Kier molecular flexibility index (Phi) is 3.30. The van der Waals surface area contributed by atoms with E-state index in [0.717, 1.165) is 5.00 Å². The van der Waals surface area contributed by atoms with Crippen molar-refractivity contribution in [2.75, 3.05) is 5.32 Å². The van der Waals surface area contributed by atoms with E-state index in [0.29, 0.717) is 0 Å². The molecular weight excluding hydrogens is 172 g/mol. The minimum atomic E-state index is -0.0981. The van der Waals surface area contributed by atoms with Gasteiger partial charge in [-0.1, -0.05) is 0 Å². The number of thiophene rings is 1. The SMILES string of the molecule is N#CCCC(=O)Nc1cccs1. The normalized spacial score (nSPS) is 8.92. The van der Waals surface area contributed by atoms with E-state index in [1.54, 1.807) is 0 Å². The van der Waals surface area contributed by atoms with Crippen molar-refractivity contribution in [1.29, 1.82) is 5.26 Å². The molecule has 12 heavy (non-hydrogen) atoms. The third-order valence-corrected chi connectivity index (χ3v) is 2.03. The number of anilines is 1. The fourth-order valence-electron chi connectivity index (χ4n) is 0.719. The van der Waals surface area contributed by atoms with E-state index in [1.807, 2.05) is 23.6 Å². The van der Waals surface area contributed by atoms with Crippen LogP contribution >= 0.6 is 11.3 Å². The molecule has 0 saturated carbocycles. The van der Waals surface area contributed by atoms with Gasteiger partial charge in [0.05, 0.1) is 11.1 Å². The maximum Gasteiger partial charge on any atom is 0.226 e. The summed E-state index contributed by atoms with van der Waals surface area (Å²) in [5.74, 6) is -0.0981. The van der Waals surface area contributed by atoms with Crippen LogP contribution < -0.4 is 5.32 Å². The van der Waals surface area contributed by atoms with Gasteiger partial charge in [0, 0.05) is 12.8 Å². The topological polar surface area (TPSA) is 52.9 Å². The summed E-state index contributed by atoms with van der Waals surface area (Å²) in [5.41, 5.74) is 0. The van der Waals surface area contributed by atoms with E-state index in [2.05, 4.69) is 5.32 Å². The van der Waals surface area contributed by atoms with Crippen molar-refractivity contribution in [3.05, 3.63) is 17.5 Å². The predicted molar refractivity (Wildman–Crippen MR) is 47.8 cm³/mol. The lowest BCUT2D eigenvalue weighted by atomic mass is 10.3. The lowest BCUT2D eigenvalue weighted by molar-refractivity contribution is -0.116. The molecule has 1 aromatic rings. The first kappa shape index (κ1) is 8.75. The quantitative estimate of drug-likeness (QED) is 0.773. The maximum atomic E-state index is 11.0. The highest BCUT2D eigenvalue weighted by Gasteiger charge is 2.00. The Morgan fingerprint density at radius 3 is 3.17 bits per heavy atom. The maximum absolute atomic E-state index is 11.0. The summed E-state index contributed by atoms with van der Waals surface area (Å²) in [6.45, 7) is 0. The molecule has 1 aromatic heterocycles. The molecule has 4 heteroatoms. The van der Waals surface area contributed by atoms with Crippen molar-refractivity contribution in [2.45, 2.75) is 12.8 Å². The van der Waals surface area contributed by atoms with Crippen molar-refractivity contribution in [3.63, 3.8) is 0 Å². The molecule has 3 nitrogen and oxygen atoms in total. The number of amides is 1. The van der Waals surface area contributed by atoms with Crippen LogP contribution in [0.4, 0.5) is 5.00 Å². The van der Waals surface area contributed by atoms with Gasteiger partial charge in [0.15, 0.2) is 0 Å². The number of nitrogens with zero attached hydrogens (tertiary/aromatic N) is 1. The van der Waals surface area contributed by atoms with E-state index < -0.39 is 0 Å². The highest BCUT2D eigenvalue weighted by Crippen LogP contribution is 2.14. The number of rotatable bonds is 3. The summed E-state index contributed by atoms with van der Waals surface area (Å²) < 4.78 is 0. The third kappa shape index (κ3) is 2.72.